The first-order chi connectivity index (χ1) is 17.5. The molecule has 0 spiro atoms. The van der Waals surface area contributed by atoms with Crippen LogP contribution in [0, 0.1) is 11.7 Å². The third-order valence-corrected chi connectivity index (χ3v) is 8.89. The first kappa shape index (κ1) is 25.4. The van der Waals surface area contributed by atoms with Gasteiger partial charge in [-0.3, -0.25) is 14.9 Å². The van der Waals surface area contributed by atoms with Crippen LogP contribution in [0.15, 0.2) is 46.9 Å². The summed E-state index contributed by atoms with van der Waals surface area (Å²) in [5.41, 5.74) is 2.76. The molecular weight excluding hydrogens is 521 g/mol. The number of imide groups is 1. The van der Waals surface area contributed by atoms with Gasteiger partial charge in [-0.05, 0) is 106 Å². The maximum absolute atomic E-state index is 14.9. The second kappa shape index (κ2) is 11.4. The quantitative estimate of drug-likeness (QED) is 0.472. The summed E-state index contributed by atoms with van der Waals surface area (Å²) >= 11 is 3.52. The highest BCUT2D eigenvalue weighted by Crippen LogP contribution is 2.33. The number of anilines is 1. The summed E-state index contributed by atoms with van der Waals surface area (Å²) in [5.74, 6) is -0.389. The fourth-order valence-electron chi connectivity index (χ4n) is 6.06. The van der Waals surface area contributed by atoms with E-state index in [0.29, 0.717) is 17.9 Å². The fourth-order valence-corrected chi connectivity index (χ4v) is 6.32. The molecule has 5 rings (SSSR count). The van der Waals surface area contributed by atoms with E-state index in [1.54, 1.807) is 12.1 Å². The molecule has 3 aliphatic heterocycles. The molecule has 1 unspecified atom stereocenters. The van der Waals surface area contributed by atoms with E-state index in [0.717, 1.165) is 61.5 Å². The summed E-state index contributed by atoms with van der Waals surface area (Å²) in [4.78, 5) is 28.6. The average Bonchev–Trinajstić information content (AvgIpc) is 2.89. The highest BCUT2D eigenvalue weighted by atomic mass is 79.9. The second-order valence-electron chi connectivity index (χ2n) is 10.6. The minimum absolute atomic E-state index is 0.264. The summed E-state index contributed by atoms with van der Waals surface area (Å²) in [6, 6.07) is 14.0. The molecule has 0 bridgehead atoms. The Labute approximate surface area is 221 Å². The van der Waals surface area contributed by atoms with Gasteiger partial charge in [0.15, 0.2) is 0 Å². The Morgan fingerprint density at radius 2 is 1.64 bits per heavy atom. The predicted molar refractivity (Wildman–Crippen MR) is 144 cm³/mol. The van der Waals surface area contributed by atoms with Crippen LogP contribution in [0.4, 0.5) is 10.1 Å². The molecule has 2 amide bonds. The van der Waals surface area contributed by atoms with Gasteiger partial charge >= 0.3 is 0 Å². The molecule has 3 heterocycles. The van der Waals surface area contributed by atoms with E-state index in [1.807, 2.05) is 6.07 Å². The molecule has 192 valence electrons. The summed E-state index contributed by atoms with van der Waals surface area (Å²) in [6.07, 6.45) is 6.49. The van der Waals surface area contributed by atoms with Gasteiger partial charge in [0.05, 0.1) is 5.92 Å². The molecule has 36 heavy (non-hydrogen) atoms. The van der Waals surface area contributed by atoms with Gasteiger partial charge in [-0.25, -0.2) is 4.39 Å². The van der Waals surface area contributed by atoms with Gasteiger partial charge in [-0.1, -0.05) is 28.1 Å². The number of carbonyl (C=O) groups excluding carboxylic acids is 2. The summed E-state index contributed by atoms with van der Waals surface area (Å²) in [7, 11) is 0. The van der Waals surface area contributed by atoms with Gasteiger partial charge in [0.1, 0.15) is 5.82 Å². The monoisotopic (exact) mass is 555 g/mol. The molecule has 1 atom stereocenters. The van der Waals surface area contributed by atoms with Gasteiger partial charge in [-0.2, -0.15) is 0 Å². The standard InChI is InChI=1S/C29H35BrFN3O2/c30-23-2-4-24(5-3-23)34-17-10-20(11-18-34)9-14-33-15-12-21(13-16-33)22-1-6-25(27(31)19-22)26-7-8-28(35)32-29(26)36/h1-6,19-21,26H,7-18H2,(H,32,35,36). The van der Waals surface area contributed by atoms with E-state index in [-0.39, 0.29) is 24.1 Å². The van der Waals surface area contributed by atoms with Crippen LogP contribution in [0.5, 0.6) is 0 Å². The van der Waals surface area contributed by atoms with E-state index in [1.165, 1.54) is 24.9 Å². The number of nitrogens with zero attached hydrogens (tertiary/aromatic N) is 2. The minimum atomic E-state index is -0.569. The van der Waals surface area contributed by atoms with E-state index >= 15 is 0 Å². The van der Waals surface area contributed by atoms with Crippen LogP contribution in [-0.2, 0) is 9.59 Å². The topological polar surface area (TPSA) is 52.7 Å². The maximum Gasteiger partial charge on any atom is 0.234 e. The van der Waals surface area contributed by atoms with Crippen molar-refractivity contribution in [3.05, 3.63) is 63.9 Å². The smallest absolute Gasteiger partial charge is 0.234 e. The van der Waals surface area contributed by atoms with Crippen LogP contribution in [0.2, 0.25) is 0 Å². The van der Waals surface area contributed by atoms with Crippen molar-refractivity contribution >= 4 is 33.4 Å². The molecule has 0 aliphatic carbocycles. The lowest BCUT2D eigenvalue weighted by molar-refractivity contribution is -0.134. The third kappa shape index (κ3) is 6.00. The Kier molecular flexibility index (Phi) is 8.06. The summed E-state index contributed by atoms with van der Waals surface area (Å²) in [5, 5.41) is 2.33. The lowest BCUT2D eigenvalue weighted by atomic mass is 9.85. The summed E-state index contributed by atoms with van der Waals surface area (Å²) in [6.45, 7) is 5.53. The maximum atomic E-state index is 14.9. The van der Waals surface area contributed by atoms with Gasteiger partial charge < -0.3 is 9.80 Å². The van der Waals surface area contributed by atoms with Crippen molar-refractivity contribution in [1.29, 1.82) is 0 Å². The number of amides is 2. The van der Waals surface area contributed by atoms with Crippen molar-refractivity contribution in [2.24, 2.45) is 5.92 Å². The van der Waals surface area contributed by atoms with Gasteiger partial charge in [0.2, 0.25) is 11.8 Å². The molecule has 2 aromatic rings. The Morgan fingerprint density at radius 3 is 2.31 bits per heavy atom. The molecule has 0 radical (unpaired) electrons. The van der Waals surface area contributed by atoms with Gasteiger partial charge in [0, 0.05) is 35.2 Å². The van der Waals surface area contributed by atoms with Crippen molar-refractivity contribution in [3.63, 3.8) is 0 Å². The molecule has 1 N–H and O–H groups in total. The number of benzene rings is 2. The van der Waals surface area contributed by atoms with Crippen molar-refractivity contribution in [2.45, 2.75) is 56.8 Å². The van der Waals surface area contributed by atoms with E-state index in [4.69, 9.17) is 0 Å². The lowest BCUT2D eigenvalue weighted by Gasteiger charge is -2.36. The van der Waals surface area contributed by atoms with Crippen LogP contribution < -0.4 is 10.2 Å². The molecule has 7 heteroatoms. The Hall–Kier alpha value is -2.25. The molecular formula is C29H35BrFN3O2. The SMILES string of the molecule is O=C1CCC(c2ccc(C3CCN(CCC4CCN(c5ccc(Br)cc5)CC4)CC3)cc2F)C(=O)N1. The van der Waals surface area contributed by atoms with E-state index in [2.05, 4.69) is 55.3 Å². The minimum Gasteiger partial charge on any atom is -0.372 e. The normalized spacial score (nSPS) is 22.6. The number of hydrogen-bond donors (Lipinski definition) is 1. The Balaban J connectivity index is 1.06. The molecule has 3 fully saturated rings. The highest BCUT2D eigenvalue weighted by molar-refractivity contribution is 9.10. The Morgan fingerprint density at radius 1 is 0.917 bits per heavy atom. The zero-order valence-electron chi connectivity index (χ0n) is 20.7. The number of piperidine rings is 3. The number of halogens is 2. The van der Waals surface area contributed by atoms with Crippen LogP contribution in [0.1, 0.15) is 67.9 Å². The van der Waals surface area contributed by atoms with Gasteiger partial charge in [0.25, 0.3) is 0 Å². The van der Waals surface area contributed by atoms with Crippen molar-refractivity contribution in [3.8, 4) is 0 Å². The number of rotatable bonds is 6. The van der Waals surface area contributed by atoms with E-state index in [9.17, 15) is 14.0 Å². The number of nitrogens with one attached hydrogen (secondary N) is 1. The third-order valence-electron chi connectivity index (χ3n) is 8.36. The number of likely N-dealkylation sites (tertiary alicyclic amines) is 1. The predicted octanol–water partition coefficient (Wildman–Crippen LogP) is 5.59. The van der Waals surface area contributed by atoms with Gasteiger partial charge in [-0.15, -0.1) is 0 Å². The molecule has 0 saturated carbocycles. The van der Waals surface area contributed by atoms with Crippen LogP contribution >= 0.6 is 15.9 Å². The lowest BCUT2D eigenvalue weighted by Crippen LogP contribution is -2.39. The van der Waals surface area contributed by atoms with Crippen molar-refractivity contribution in [2.75, 3.05) is 37.6 Å². The molecule has 2 aromatic carbocycles. The molecule has 0 aromatic heterocycles. The largest absolute Gasteiger partial charge is 0.372 e. The number of hydrogen-bond acceptors (Lipinski definition) is 4. The van der Waals surface area contributed by atoms with E-state index < -0.39 is 5.92 Å². The van der Waals surface area contributed by atoms with Crippen LogP contribution in [-0.4, -0.2) is 49.4 Å². The molecule has 3 aliphatic rings. The van der Waals surface area contributed by atoms with Crippen LogP contribution in [0.25, 0.3) is 0 Å². The molecule has 5 nitrogen and oxygen atoms in total. The Bertz CT molecular complexity index is 1080. The van der Waals surface area contributed by atoms with Crippen LogP contribution in [0.3, 0.4) is 0 Å². The van der Waals surface area contributed by atoms with Crippen molar-refractivity contribution in [1.82, 2.24) is 10.2 Å². The number of carbonyl (C=O) groups is 2. The average molecular weight is 557 g/mol. The fraction of sp³-hybridized carbons (Fsp3) is 0.517. The van der Waals surface area contributed by atoms with Crippen molar-refractivity contribution < 1.29 is 14.0 Å². The first-order valence-electron chi connectivity index (χ1n) is 13.3. The summed E-state index contributed by atoms with van der Waals surface area (Å²) < 4.78 is 16.1. The zero-order chi connectivity index (χ0) is 25.1. The first-order valence-corrected chi connectivity index (χ1v) is 14.1. The highest BCUT2D eigenvalue weighted by Gasteiger charge is 2.31. The molecule has 3 saturated heterocycles. The zero-order valence-corrected chi connectivity index (χ0v) is 22.3. The second-order valence-corrected chi connectivity index (χ2v) is 11.5.